The van der Waals surface area contributed by atoms with E-state index < -0.39 is 0 Å². The second kappa shape index (κ2) is 10.5. The third-order valence-electron chi connectivity index (χ3n) is 3.19. The Labute approximate surface area is 165 Å². The number of anilines is 1. The van der Waals surface area contributed by atoms with Gasteiger partial charge in [-0.2, -0.15) is 0 Å². The minimum Gasteiger partial charge on any atom is -0.457 e. The first-order valence-corrected chi connectivity index (χ1v) is 7.64. The van der Waals surface area contributed by atoms with Gasteiger partial charge in [0.05, 0.1) is 6.54 Å². The van der Waals surface area contributed by atoms with Crippen molar-refractivity contribution < 1.29 is 9.53 Å². The molecule has 0 aliphatic heterocycles. The number of carbonyl (C=O) groups is 1. The number of benzene rings is 2. The van der Waals surface area contributed by atoms with E-state index in [1.54, 1.807) is 14.1 Å². The number of hydrogen-bond acceptors (Lipinski definition) is 3. The number of hydrogen-bond donors (Lipinski definition) is 2. The van der Waals surface area contributed by atoms with E-state index in [1.165, 1.54) is 4.90 Å². The van der Waals surface area contributed by atoms with Crippen LogP contribution in [0.5, 0.6) is 11.5 Å². The number of rotatable bonds is 6. The summed E-state index contributed by atoms with van der Waals surface area (Å²) in [5, 5.41) is 2.99. The molecule has 0 fully saturated rings. The van der Waals surface area contributed by atoms with Crippen molar-refractivity contribution in [3.63, 3.8) is 0 Å². The van der Waals surface area contributed by atoms with Crippen LogP contribution < -0.4 is 15.8 Å². The lowest BCUT2D eigenvalue weighted by molar-refractivity contribution is -0.128. The summed E-state index contributed by atoms with van der Waals surface area (Å²) in [6.45, 7) is 0.343. The van der Waals surface area contributed by atoms with Crippen molar-refractivity contribution in [3.8, 4) is 11.5 Å². The van der Waals surface area contributed by atoms with Crippen LogP contribution in [0.3, 0.4) is 0 Å². The zero-order valence-corrected chi connectivity index (χ0v) is 16.6. The van der Waals surface area contributed by atoms with Crippen LogP contribution in [0.15, 0.2) is 59.6 Å². The highest BCUT2D eigenvalue weighted by atomic mass is 127. The van der Waals surface area contributed by atoms with Crippen molar-refractivity contribution in [2.45, 2.75) is 6.42 Å². The predicted octanol–water partition coefficient (Wildman–Crippen LogP) is 3.30. The lowest BCUT2D eigenvalue weighted by atomic mass is 10.3. The summed E-state index contributed by atoms with van der Waals surface area (Å²) < 4.78 is 5.77. The van der Waals surface area contributed by atoms with Gasteiger partial charge in [0.15, 0.2) is 5.96 Å². The Bertz CT molecular complexity index is 705. The first kappa shape index (κ1) is 20.8. The lowest BCUT2D eigenvalue weighted by Crippen LogP contribution is -2.25. The monoisotopic (exact) mass is 454 g/mol. The minimum absolute atomic E-state index is 0. The molecule has 3 N–H and O–H groups in total. The predicted molar refractivity (Wildman–Crippen MR) is 112 cm³/mol. The molecule has 0 atom stereocenters. The van der Waals surface area contributed by atoms with Crippen molar-refractivity contribution in [2.24, 2.45) is 10.7 Å². The molecule has 6 nitrogen and oxygen atoms in total. The number of guanidine groups is 1. The number of aliphatic imine (C=N–C) groups is 1. The Morgan fingerprint density at radius 2 is 1.80 bits per heavy atom. The van der Waals surface area contributed by atoms with E-state index in [1.807, 2.05) is 54.6 Å². The number of carbonyl (C=O) groups excluding carboxylic acids is 1. The van der Waals surface area contributed by atoms with E-state index >= 15 is 0 Å². The van der Waals surface area contributed by atoms with E-state index in [2.05, 4.69) is 10.3 Å². The van der Waals surface area contributed by atoms with Gasteiger partial charge in [-0.25, -0.2) is 0 Å². The average Bonchev–Trinajstić information content (AvgIpc) is 2.56. The normalized spacial score (nSPS) is 10.6. The third-order valence-corrected chi connectivity index (χ3v) is 3.19. The molecule has 2 aromatic rings. The first-order chi connectivity index (χ1) is 11.5. The van der Waals surface area contributed by atoms with Gasteiger partial charge in [0, 0.05) is 32.3 Å². The summed E-state index contributed by atoms with van der Waals surface area (Å²) >= 11 is 0. The van der Waals surface area contributed by atoms with Crippen LogP contribution in [0.4, 0.5) is 5.69 Å². The highest BCUT2D eigenvalue weighted by Crippen LogP contribution is 2.23. The SMILES string of the molecule is CN(C)C(=O)CCN=C(N)Nc1cccc(Oc2ccccc2)c1.I. The van der Waals surface area contributed by atoms with Gasteiger partial charge in [0.2, 0.25) is 5.91 Å². The molecule has 0 aromatic heterocycles. The maximum Gasteiger partial charge on any atom is 0.223 e. The Hall–Kier alpha value is -2.29. The minimum atomic E-state index is 0. The molecule has 0 bridgehead atoms. The van der Waals surface area contributed by atoms with E-state index in [-0.39, 0.29) is 35.8 Å². The lowest BCUT2D eigenvalue weighted by Gasteiger charge is -2.10. The van der Waals surface area contributed by atoms with Crippen molar-refractivity contribution >= 4 is 41.5 Å². The van der Waals surface area contributed by atoms with Gasteiger partial charge < -0.3 is 20.7 Å². The number of nitrogens with one attached hydrogen (secondary N) is 1. The Morgan fingerprint density at radius 3 is 2.48 bits per heavy atom. The maximum atomic E-state index is 11.5. The van der Waals surface area contributed by atoms with Gasteiger partial charge in [-0.3, -0.25) is 9.79 Å². The first-order valence-electron chi connectivity index (χ1n) is 7.64. The van der Waals surface area contributed by atoms with Crippen molar-refractivity contribution in [1.82, 2.24) is 4.90 Å². The van der Waals surface area contributed by atoms with E-state index in [9.17, 15) is 4.79 Å². The molecule has 2 aromatic carbocycles. The number of para-hydroxylation sites is 1. The topological polar surface area (TPSA) is 80.0 Å². The molecule has 0 aliphatic rings. The summed E-state index contributed by atoms with van der Waals surface area (Å²) in [5.74, 6) is 1.74. The summed E-state index contributed by atoms with van der Waals surface area (Å²) in [5.41, 5.74) is 6.61. The molecule has 0 heterocycles. The van der Waals surface area contributed by atoms with Crippen LogP contribution in [0.1, 0.15) is 6.42 Å². The van der Waals surface area contributed by atoms with Crippen LogP contribution in [-0.4, -0.2) is 37.4 Å². The second-order valence-electron chi connectivity index (χ2n) is 5.37. The molecular weight excluding hydrogens is 431 g/mol. The smallest absolute Gasteiger partial charge is 0.223 e. The molecule has 0 saturated carbocycles. The fourth-order valence-corrected chi connectivity index (χ4v) is 1.94. The average molecular weight is 454 g/mol. The van der Waals surface area contributed by atoms with Gasteiger partial charge in [-0.05, 0) is 24.3 Å². The molecule has 0 saturated heterocycles. The summed E-state index contributed by atoms with van der Waals surface area (Å²) in [6, 6.07) is 17.0. The number of ether oxygens (including phenoxy) is 1. The highest BCUT2D eigenvalue weighted by Gasteiger charge is 2.03. The summed E-state index contributed by atoms with van der Waals surface area (Å²) in [4.78, 5) is 17.2. The Balaban J connectivity index is 0.00000312. The molecule has 7 heteroatoms. The van der Waals surface area contributed by atoms with E-state index in [4.69, 9.17) is 10.5 Å². The summed E-state index contributed by atoms with van der Waals surface area (Å²) in [7, 11) is 3.43. The molecule has 0 aliphatic carbocycles. The fraction of sp³-hybridized carbons (Fsp3) is 0.222. The molecule has 25 heavy (non-hydrogen) atoms. The molecular formula is C18H23IN4O2. The number of halogens is 1. The molecule has 0 spiro atoms. The molecule has 0 unspecified atom stereocenters. The number of amides is 1. The van der Waals surface area contributed by atoms with Crippen LogP contribution in [0, 0.1) is 0 Å². The molecule has 134 valence electrons. The third kappa shape index (κ3) is 7.42. The fourth-order valence-electron chi connectivity index (χ4n) is 1.94. The standard InChI is InChI=1S/C18H22N4O2.HI/c1-22(2)17(23)11-12-20-18(19)21-14-7-6-10-16(13-14)24-15-8-4-3-5-9-15;/h3-10,13H,11-12H2,1-2H3,(H3,19,20,21);1H. The highest BCUT2D eigenvalue weighted by molar-refractivity contribution is 14.0. The zero-order chi connectivity index (χ0) is 17.4. The molecule has 0 radical (unpaired) electrons. The van der Waals surface area contributed by atoms with Crippen LogP contribution >= 0.6 is 24.0 Å². The maximum absolute atomic E-state index is 11.5. The quantitative estimate of drug-likeness (QED) is 0.399. The zero-order valence-electron chi connectivity index (χ0n) is 14.3. The molecule has 1 amide bonds. The van der Waals surface area contributed by atoms with Crippen LogP contribution in [0.2, 0.25) is 0 Å². The van der Waals surface area contributed by atoms with Gasteiger partial charge in [0.1, 0.15) is 11.5 Å². The van der Waals surface area contributed by atoms with Crippen molar-refractivity contribution in [3.05, 3.63) is 54.6 Å². The van der Waals surface area contributed by atoms with Crippen LogP contribution in [-0.2, 0) is 4.79 Å². The van der Waals surface area contributed by atoms with Gasteiger partial charge in [-0.15, -0.1) is 24.0 Å². The number of nitrogens with two attached hydrogens (primary N) is 1. The Kier molecular flexibility index (Phi) is 8.76. The van der Waals surface area contributed by atoms with E-state index in [0.29, 0.717) is 18.7 Å². The van der Waals surface area contributed by atoms with Crippen molar-refractivity contribution in [2.75, 3.05) is 26.0 Å². The van der Waals surface area contributed by atoms with Gasteiger partial charge in [0.25, 0.3) is 0 Å². The van der Waals surface area contributed by atoms with E-state index in [0.717, 1.165) is 11.4 Å². The number of nitrogens with zero attached hydrogens (tertiary/aromatic N) is 2. The Morgan fingerprint density at radius 1 is 1.12 bits per heavy atom. The largest absolute Gasteiger partial charge is 0.457 e. The second-order valence-corrected chi connectivity index (χ2v) is 5.37. The van der Waals surface area contributed by atoms with Crippen LogP contribution in [0.25, 0.3) is 0 Å². The molecule has 2 rings (SSSR count). The van der Waals surface area contributed by atoms with Crippen molar-refractivity contribution in [1.29, 1.82) is 0 Å². The van der Waals surface area contributed by atoms with Gasteiger partial charge in [-0.1, -0.05) is 24.3 Å². The summed E-state index contributed by atoms with van der Waals surface area (Å²) in [6.07, 6.45) is 0.326. The van der Waals surface area contributed by atoms with Gasteiger partial charge >= 0.3 is 0 Å².